The van der Waals surface area contributed by atoms with E-state index in [-0.39, 0.29) is 0 Å². The zero-order valence-corrected chi connectivity index (χ0v) is 11.3. The van der Waals surface area contributed by atoms with Gasteiger partial charge in [-0.15, -0.1) is 0 Å². The molecule has 3 N–H and O–H groups in total. The van der Waals surface area contributed by atoms with Crippen LogP contribution in [0.5, 0.6) is 11.5 Å². The molecule has 2 rings (SSSR count). The number of urea groups is 1. The van der Waals surface area contributed by atoms with Crippen LogP contribution in [0.25, 0.3) is 0 Å². The van der Waals surface area contributed by atoms with Crippen LogP contribution < -0.4 is 20.5 Å². The van der Waals surface area contributed by atoms with Crippen LogP contribution in [-0.2, 0) is 0 Å². The van der Waals surface area contributed by atoms with Crippen LogP contribution in [-0.4, -0.2) is 19.1 Å². The van der Waals surface area contributed by atoms with E-state index in [4.69, 9.17) is 15.2 Å². The molecule has 6 nitrogen and oxygen atoms in total. The Balaban J connectivity index is 2.03. The highest BCUT2D eigenvalue weighted by atomic mass is 16.5. The van der Waals surface area contributed by atoms with E-state index in [1.54, 1.807) is 43.5 Å². The Morgan fingerprint density at radius 1 is 0.952 bits per heavy atom. The average molecular weight is 286 g/mol. The number of benzene rings is 2. The molecule has 0 aliphatic carbocycles. The topological polar surface area (TPSA) is 90.7 Å². The number of esters is 1. The third-order valence-corrected chi connectivity index (χ3v) is 2.66. The van der Waals surface area contributed by atoms with Gasteiger partial charge in [0.05, 0.1) is 12.7 Å². The maximum atomic E-state index is 11.9. The molecule has 0 fully saturated rings. The monoisotopic (exact) mass is 286 g/mol. The van der Waals surface area contributed by atoms with Crippen molar-refractivity contribution in [2.24, 2.45) is 5.73 Å². The van der Waals surface area contributed by atoms with Gasteiger partial charge in [0, 0.05) is 5.69 Å². The van der Waals surface area contributed by atoms with E-state index in [2.05, 4.69) is 5.32 Å². The van der Waals surface area contributed by atoms with Crippen LogP contribution in [0.15, 0.2) is 48.5 Å². The Morgan fingerprint density at radius 2 is 1.52 bits per heavy atom. The third-order valence-electron chi connectivity index (χ3n) is 2.66. The van der Waals surface area contributed by atoms with E-state index in [1.165, 1.54) is 12.1 Å². The smallest absolute Gasteiger partial charge is 0.343 e. The number of rotatable bonds is 4. The summed E-state index contributed by atoms with van der Waals surface area (Å²) in [7, 11) is 1.56. The Morgan fingerprint density at radius 3 is 2.05 bits per heavy atom. The molecule has 0 spiro atoms. The van der Waals surface area contributed by atoms with Gasteiger partial charge in [-0.25, -0.2) is 9.59 Å². The number of hydrogen-bond acceptors (Lipinski definition) is 4. The fourth-order valence-corrected chi connectivity index (χ4v) is 1.64. The highest BCUT2D eigenvalue weighted by molar-refractivity contribution is 5.92. The lowest BCUT2D eigenvalue weighted by molar-refractivity contribution is 0.0734. The molecule has 2 aromatic carbocycles. The first-order valence-electron chi connectivity index (χ1n) is 6.11. The predicted molar refractivity (Wildman–Crippen MR) is 77.6 cm³/mol. The fraction of sp³-hybridized carbons (Fsp3) is 0.0667. The summed E-state index contributed by atoms with van der Waals surface area (Å²) >= 11 is 0. The van der Waals surface area contributed by atoms with Crippen molar-refractivity contribution in [2.45, 2.75) is 0 Å². The Kier molecular flexibility index (Phi) is 4.40. The number of anilines is 1. The molecule has 2 aromatic rings. The first kappa shape index (κ1) is 14.4. The fourth-order valence-electron chi connectivity index (χ4n) is 1.64. The van der Waals surface area contributed by atoms with E-state index in [0.717, 1.165) is 0 Å². The predicted octanol–water partition coefficient (Wildman–Crippen LogP) is 2.41. The molecule has 0 saturated heterocycles. The maximum absolute atomic E-state index is 11.9. The van der Waals surface area contributed by atoms with E-state index < -0.39 is 12.0 Å². The van der Waals surface area contributed by atoms with Gasteiger partial charge >= 0.3 is 12.0 Å². The van der Waals surface area contributed by atoms with Crippen molar-refractivity contribution in [3.05, 3.63) is 54.1 Å². The van der Waals surface area contributed by atoms with Crippen molar-refractivity contribution in [2.75, 3.05) is 12.4 Å². The summed E-state index contributed by atoms with van der Waals surface area (Å²) in [6, 6.07) is 12.2. The molecule has 2 amide bonds. The van der Waals surface area contributed by atoms with E-state index in [0.29, 0.717) is 22.7 Å². The Hall–Kier alpha value is -3.02. The van der Waals surface area contributed by atoms with Crippen LogP contribution in [0.2, 0.25) is 0 Å². The van der Waals surface area contributed by atoms with Gasteiger partial charge in [-0.05, 0) is 48.5 Å². The minimum atomic E-state index is -0.663. The van der Waals surface area contributed by atoms with E-state index in [9.17, 15) is 9.59 Å². The molecule has 0 unspecified atom stereocenters. The number of nitrogens with one attached hydrogen (secondary N) is 1. The number of carbonyl (C=O) groups excluding carboxylic acids is 2. The molecule has 0 saturated carbocycles. The molecule has 0 aliphatic rings. The number of methoxy groups -OCH3 is 1. The number of nitrogens with two attached hydrogens (primary N) is 1. The molecule has 21 heavy (non-hydrogen) atoms. The second-order valence-electron chi connectivity index (χ2n) is 4.13. The molecular formula is C15H14N2O4. The van der Waals surface area contributed by atoms with Crippen molar-refractivity contribution < 1.29 is 19.1 Å². The molecule has 0 heterocycles. The minimum Gasteiger partial charge on any atom is -0.497 e. The quantitative estimate of drug-likeness (QED) is 0.667. The van der Waals surface area contributed by atoms with Gasteiger partial charge in [-0.2, -0.15) is 0 Å². The largest absolute Gasteiger partial charge is 0.497 e. The average Bonchev–Trinajstić information content (AvgIpc) is 2.48. The summed E-state index contributed by atoms with van der Waals surface area (Å²) in [5, 5.41) is 2.41. The molecule has 0 radical (unpaired) electrons. The summed E-state index contributed by atoms with van der Waals surface area (Å²) < 4.78 is 10.2. The molecule has 0 atom stereocenters. The molecule has 0 aliphatic heterocycles. The second-order valence-corrected chi connectivity index (χ2v) is 4.13. The Labute approximate surface area is 121 Å². The van der Waals surface area contributed by atoms with Gasteiger partial charge in [0.1, 0.15) is 11.5 Å². The number of hydrogen-bond donors (Lipinski definition) is 2. The van der Waals surface area contributed by atoms with Crippen LogP contribution in [0.4, 0.5) is 10.5 Å². The van der Waals surface area contributed by atoms with E-state index in [1.807, 2.05) is 0 Å². The summed E-state index contributed by atoms with van der Waals surface area (Å²) in [6.45, 7) is 0. The number of carbonyl (C=O) groups is 2. The summed E-state index contributed by atoms with van der Waals surface area (Å²) in [4.78, 5) is 22.6. The van der Waals surface area contributed by atoms with Crippen LogP contribution in [0.3, 0.4) is 0 Å². The molecular weight excluding hydrogens is 272 g/mol. The zero-order valence-electron chi connectivity index (χ0n) is 11.3. The number of ether oxygens (including phenoxy) is 2. The van der Waals surface area contributed by atoms with Crippen molar-refractivity contribution in [1.29, 1.82) is 0 Å². The molecule has 0 aromatic heterocycles. The maximum Gasteiger partial charge on any atom is 0.343 e. The molecule has 108 valence electrons. The van der Waals surface area contributed by atoms with Gasteiger partial charge < -0.3 is 20.5 Å². The summed E-state index contributed by atoms with van der Waals surface area (Å²) in [5.41, 5.74) is 5.86. The summed E-state index contributed by atoms with van der Waals surface area (Å²) in [5.74, 6) is 0.600. The highest BCUT2D eigenvalue weighted by Gasteiger charge is 2.09. The lowest BCUT2D eigenvalue weighted by atomic mass is 10.2. The van der Waals surface area contributed by atoms with Crippen LogP contribution >= 0.6 is 0 Å². The first-order valence-corrected chi connectivity index (χ1v) is 6.11. The Bertz CT molecular complexity index is 636. The number of amides is 2. The lowest BCUT2D eigenvalue weighted by Gasteiger charge is -2.06. The second kappa shape index (κ2) is 6.42. The van der Waals surface area contributed by atoms with Crippen LogP contribution in [0.1, 0.15) is 10.4 Å². The van der Waals surface area contributed by atoms with Crippen LogP contribution in [0, 0.1) is 0 Å². The van der Waals surface area contributed by atoms with Crippen molar-refractivity contribution in [1.82, 2.24) is 0 Å². The molecule has 0 bridgehead atoms. The number of primary amides is 1. The van der Waals surface area contributed by atoms with Crippen molar-refractivity contribution in [3.8, 4) is 11.5 Å². The van der Waals surface area contributed by atoms with Crippen molar-refractivity contribution in [3.63, 3.8) is 0 Å². The van der Waals surface area contributed by atoms with Gasteiger partial charge in [0.2, 0.25) is 0 Å². The van der Waals surface area contributed by atoms with Crippen molar-refractivity contribution >= 4 is 17.7 Å². The van der Waals surface area contributed by atoms with Gasteiger partial charge in [0.15, 0.2) is 0 Å². The highest BCUT2D eigenvalue weighted by Crippen LogP contribution is 2.18. The normalized spacial score (nSPS) is 9.76. The van der Waals surface area contributed by atoms with Gasteiger partial charge in [-0.3, -0.25) is 0 Å². The molecule has 6 heteroatoms. The third kappa shape index (κ3) is 3.97. The summed E-state index contributed by atoms with van der Waals surface area (Å²) in [6.07, 6.45) is 0. The first-order chi connectivity index (χ1) is 10.1. The lowest BCUT2D eigenvalue weighted by Crippen LogP contribution is -2.19. The van der Waals surface area contributed by atoms with E-state index >= 15 is 0 Å². The van der Waals surface area contributed by atoms with Gasteiger partial charge in [-0.1, -0.05) is 0 Å². The standard InChI is InChI=1S/C15H14N2O4/c1-20-12-6-8-13(9-7-12)21-14(18)10-2-4-11(5-3-10)17-15(16)19/h2-9H,1H3,(H3,16,17,19). The van der Waals surface area contributed by atoms with Gasteiger partial charge in [0.25, 0.3) is 0 Å². The SMILES string of the molecule is COc1ccc(OC(=O)c2ccc(NC(N)=O)cc2)cc1. The minimum absolute atomic E-state index is 0.362. The zero-order chi connectivity index (χ0) is 15.2.